The van der Waals surface area contributed by atoms with Gasteiger partial charge >= 0.3 is 0 Å². The molecule has 2 aromatic rings. The van der Waals surface area contributed by atoms with Crippen molar-refractivity contribution in [3.63, 3.8) is 0 Å². The number of fused-ring (bicyclic) bond motifs is 3. The van der Waals surface area contributed by atoms with Crippen molar-refractivity contribution in [3.8, 4) is 0 Å². The second-order valence-electron chi connectivity index (χ2n) is 7.52. The van der Waals surface area contributed by atoms with Crippen LogP contribution in [0.5, 0.6) is 0 Å². The van der Waals surface area contributed by atoms with Crippen molar-refractivity contribution in [1.82, 2.24) is 5.32 Å². The standard InChI is InChI=1S/C24H33N3O2/c1-3-28-13-7-5-9-17-11-12-20-19(15-17)16-18(10-6-8-14-29-4-2)21-22(20)24(26)27-23(21)25/h11-12,15-16H,3-10,13-14H2,1-2H3,(H3,25,26,27). The van der Waals surface area contributed by atoms with Gasteiger partial charge in [-0.25, -0.2) is 0 Å². The molecule has 3 rings (SSSR count). The van der Waals surface area contributed by atoms with Crippen LogP contribution in [0.15, 0.2) is 24.3 Å². The monoisotopic (exact) mass is 395 g/mol. The van der Waals surface area contributed by atoms with Crippen molar-refractivity contribution in [2.75, 3.05) is 26.4 Å². The molecule has 0 atom stereocenters. The molecule has 0 bridgehead atoms. The largest absolute Gasteiger partial charge is 0.382 e. The van der Waals surface area contributed by atoms with Crippen LogP contribution >= 0.6 is 0 Å². The van der Waals surface area contributed by atoms with Gasteiger partial charge in [0.2, 0.25) is 0 Å². The summed E-state index contributed by atoms with van der Waals surface area (Å²) in [6.45, 7) is 7.19. The van der Waals surface area contributed by atoms with Gasteiger partial charge in [-0.1, -0.05) is 24.3 Å². The molecule has 3 N–H and O–H groups in total. The highest BCUT2D eigenvalue weighted by Crippen LogP contribution is 2.31. The van der Waals surface area contributed by atoms with Crippen LogP contribution < -0.4 is 5.32 Å². The van der Waals surface area contributed by atoms with Gasteiger partial charge in [0.1, 0.15) is 11.7 Å². The predicted molar refractivity (Wildman–Crippen MR) is 120 cm³/mol. The Labute approximate surface area is 173 Å². The van der Waals surface area contributed by atoms with E-state index in [2.05, 4.69) is 29.6 Å². The van der Waals surface area contributed by atoms with Gasteiger partial charge < -0.3 is 14.8 Å². The van der Waals surface area contributed by atoms with Crippen LogP contribution in [0.4, 0.5) is 0 Å². The molecule has 5 nitrogen and oxygen atoms in total. The number of nitrogens with one attached hydrogen (secondary N) is 3. The lowest BCUT2D eigenvalue weighted by Crippen LogP contribution is -2.20. The topological polar surface area (TPSA) is 78.2 Å². The average Bonchev–Trinajstić information content (AvgIpc) is 3.02. The third-order valence-electron chi connectivity index (χ3n) is 5.43. The number of hydrogen-bond acceptors (Lipinski definition) is 4. The van der Waals surface area contributed by atoms with Gasteiger partial charge in [0.05, 0.1) is 0 Å². The molecule has 29 heavy (non-hydrogen) atoms. The minimum atomic E-state index is 0.343. The van der Waals surface area contributed by atoms with E-state index in [4.69, 9.17) is 20.3 Å². The van der Waals surface area contributed by atoms with E-state index in [0.717, 1.165) is 87.0 Å². The van der Waals surface area contributed by atoms with Crippen LogP contribution in [0.3, 0.4) is 0 Å². The first-order valence-electron chi connectivity index (χ1n) is 10.8. The minimum absolute atomic E-state index is 0.343. The molecule has 0 aromatic heterocycles. The second-order valence-corrected chi connectivity index (χ2v) is 7.52. The van der Waals surface area contributed by atoms with Gasteiger partial charge in [0.15, 0.2) is 0 Å². The third kappa shape index (κ3) is 5.22. The third-order valence-corrected chi connectivity index (χ3v) is 5.43. The Kier molecular flexibility index (Phi) is 7.78. The van der Waals surface area contributed by atoms with Crippen molar-refractivity contribution < 1.29 is 9.47 Å². The summed E-state index contributed by atoms with van der Waals surface area (Å²) in [7, 11) is 0. The van der Waals surface area contributed by atoms with Crippen LogP contribution in [-0.2, 0) is 22.3 Å². The fraction of sp³-hybridized carbons (Fsp3) is 0.500. The molecule has 0 spiro atoms. The molecule has 0 aliphatic carbocycles. The maximum atomic E-state index is 8.35. The molecule has 0 fully saturated rings. The highest BCUT2D eigenvalue weighted by atomic mass is 16.5. The Morgan fingerprint density at radius 2 is 1.45 bits per heavy atom. The molecule has 0 unspecified atom stereocenters. The summed E-state index contributed by atoms with van der Waals surface area (Å²) in [4.78, 5) is 0. The number of aryl methyl sites for hydroxylation is 2. The molecule has 2 aromatic carbocycles. The molecule has 0 radical (unpaired) electrons. The number of benzene rings is 2. The highest BCUT2D eigenvalue weighted by Gasteiger charge is 2.26. The molecule has 0 saturated heterocycles. The zero-order valence-corrected chi connectivity index (χ0v) is 17.7. The van der Waals surface area contributed by atoms with Crippen molar-refractivity contribution >= 4 is 22.4 Å². The fourth-order valence-electron chi connectivity index (χ4n) is 4.00. The molecule has 1 heterocycles. The van der Waals surface area contributed by atoms with E-state index in [1.165, 1.54) is 10.9 Å². The zero-order chi connectivity index (χ0) is 20.6. The Morgan fingerprint density at radius 3 is 2.14 bits per heavy atom. The first-order valence-corrected chi connectivity index (χ1v) is 10.8. The molecular formula is C24H33N3O2. The average molecular weight is 396 g/mol. The molecule has 1 aliphatic rings. The van der Waals surface area contributed by atoms with Crippen LogP contribution in [0, 0.1) is 10.8 Å². The summed E-state index contributed by atoms with van der Waals surface area (Å²) in [6.07, 6.45) is 6.17. The van der Waals surface area contributed by atoms with Crippen LogP contribution in [0.2, 0.25) is 0 Å². The van der Waals surface area contributed by atoms with Crippen LogP contribution in [-0.4, -0.2) is 38.1 Å². The second kappa shape index (κ2) is 10.5. The van der Waals surface area contributed by atoms with Gasteiger partial charge in [-0.3, -0.25) is 10.8 Å². The maximum Gasteiger partial charge on any atom is 0.132 e. The van der Waals surface area contributed by atoms with E-state index < -0.39 is 0 Å². The molecule has 156 valence electrons. The summed E-state index contributed by atoms with van der Waals surface area (Å²) >= 11 is 0. The SMILES string of the molecule is CCOCCCCc1ccc2c3c(c(CCCCOCC)cc2c1)C(=N)NC3=N. The normalized spacial score (nSPS) is 13.2. The molecular weight excluding hydrogens is 362 g/mol. The van der Waals surface area contributed by atoms with Crippen molar-refractivity contribution in [1.29, 1.82) is 10.8 Å². The van der Waals surface area contributed by atoms with Crippen LogP contribution in [0.25, 0.3) is 10.8 Å². The zero-order valence-electron chi connectivity index (χ0n) is 17.7. The van der Waals surface area contributed by atoms with Crippen molar-refractivity contribution in [2.24, 2.45) is 0 Å². The first-order chi connectivity index (χ1) is 14.2. The van der Waals surface area contributed by atoms with E-state index in [1.807, 2.05) is 13.8 Å². The number of amidine groups is 2. The minimum Gasteiger partial charge on any atom is -0.382 e. The maximum absolute atomic E-state index is 8.35. The van der Waals surface area contributed by atoms with Gasteiger partial charge in [0.25, 0.3) is 0 Å². The Hall–Kier alpha value is -2.24. The van der Waals surface area contributed by atoms with Crippen molar-refractivity contribution in [2.45, 2.75) is 52.4 Å². The van der Waals surface area contributed by atoms with Gasteiger partial charge in [-0.2, -0.15) is 0 Å². The molecule has 1 aliphatic heterocycles. The smallest absolute Gasteiger partial charge is 0.132 e. The number of unbranched alkanes of at least 4 members (excludes halogenated alkanes) is 2. The highest BCUT2D eigenvalue weighted by molar-refractivity contribution is 6.28. The lowest BCUT2D eigenvalue weighted by molar-refractivity contribution is 0.143. The lowest BCUT2D eigenvalue weighted by Gasteiger charge is -2.12. The van der Waals surface area contributed by atoms with E-state index >= 15 is 0 Å². The van der Waals surface area contributed by atoms with Gasteiger partial charge in [-0.05, 0) is 74.3 Å². The molecule has 0 amide bonds. The Morgan fingerprint density at radius 1 is 0.793 bits per heavy atom. The van der Waals surface area contributed by atoms with Gasteiger partial charge in [-0.15, -0.1) is 0 Å². The molecule has 5 heteroatoms. The summed E-state index contributed by atoms with van der Waals surface area (Å²) < 4.78 is 10.9. The van der Waals surface area contributed by atoms with E-state index in [9.17, 15) is 0 Å². The number of hydrogen-bond donors (Lipinski definition) is 3. The van der Waals surface area contributed by atoms with Crippen LogP contribution in [0.1, 0.15) is 61.8 Å². The first kappa shape index (κ1) is 21.5. The summed E-state index contributed by atoms with van der Waals surface area (Å²) in [6, 6.07) is 8.78. The quantitative estimate of drug-likeness (QED) is 0.451. The Bertz CT molecular complexity index is 876. The van der Waals surface area contributed by atoms with E-state index in [0.29, 0.717) is 11.7 Å². The lowest BCUT2D eigenvalue weighted by atomic mass is 9.91. The Balaban J connectivity index is 1.82. The summed E-state index contributed by atoms with van der Waals surface area (Å²) in [5.74, 6) is 0.697. The van der Waals surface area contributed by atoms with Crippen molar-refractivity contribution in [3.05, 3.63) is 46.5 Å². The number of rotatable bonds is 12. The van der Waals surface area contributed by atoms with E-state index in [-0.39, 0.29) is 0 Å². The van der Waals surface area contributed by atoms with E-state index in [1.54, 1.807) is 0 Å². The summed E-state index contributed by atoms with van der Waals surface area (Å²) in [5, 5.41) is 21.8. The van der Waals surface area contributed by atoms with Gasteiger partial charge in [0, 0.05) is 37.6 Å². The fourth-order valence-corrected chi connectivity index (χ4v) is 4.00. The predicted octanol–water partition coefficient (Wildman–Crippen LogP) is 4.81. The summed E-state index contributed by atoms with van der Waals surface area (Å²) in [5.41, 5.74) is 4.28. The number of ether oxygens (including phenoxy) is 2. The molecule has 0 saturated carbocycles.